The van der Waals surface area contributed by atoms with Gasteiger partial charge < -0.3 is 15.7 Å². The van der Waals surface area contributed by atoms with Crippen molar-refractivity contribution < 1.29 is 19.5 Å². The molecule has 3 rings (SSSR count). The van der Waals surface area contributed by atoms with Crippen LogP contribution in [0.5, 0.6) is 0 Å². The third kappa shape index (κ3) is 3.53. The molecule has 7 nitrogen and oxygen atoms in total. The van der Waals surface area contributed by atoms with Gasteiger partial charge in [0.15, 0.2) is 0 Å². The van der Waals surface area contributed by atoms with E-state index in [-0.39, 0.29) is 16.7 Å². The number of anilines is 1. The standard InChI is InChI=1S/C17H17N3O4S/c1-8-14(17(23)24)25-16(19-8)9(2)18-15(22)11-3-5-12-10(7-11)4-6-13(21)20-12/h3,5,7,9H,4,6H2,1-2H3,(H,18,22)(H,20,21)(H,23,24). The number of nitrogens with zero attached hydrogens (tertiary/aromatic N) is 1. The van der Waals surface area contributed by atoms with Crippen molar-refractivity contribution in [3.05, 3.63) is 44.9 Å². The van der Waals surface area contributed by atoms with Crippen LogP contribution in [-0.4, -0.2) is 27.9 Å². The van der Waals surface area contributed by atoms with E-state index < -0.39 is 12.0 Å². The number of fused-ring (bicyclic) bond motifs is 1. The SMILES string of the molecule is Cc1nc(C(C)NC(=O)c2ccc3c(c2)CCC(=O)N3)sc1C(=O)O. The Hall–Kier alpha value is -2.74. The van der Waals surface area contributed by atoms with Gasteiger partial charge in [0.05, 0.1) is 11.7 Å². The summed E-state index contributed by atoms with van der Waals surface area (Å²) in [4.78, 5) is 39.4. The van der Waals surface area contributed by atoms with Gasteiger partial charge in [0.1, 0.15) is 9.88 Å². The highest BCUT2D eigenvalue weighted by Crippen LogP contribution is 2.26. The summed E-state index contributed by atoms with van der Waals surface area (Å²) in [5, 5.41) is 15.3. The molecule has 130 valence electrons. The van der Waals surface area contributed by atoms with E-state index in [1.54, 1.807) is 32.0 Å². The second-order valence-electron chi connectivity index (χ2n) is 5.89. The van der Waals surface area contributed by atoms with E-state index in [0.717, 1.165) is 22.6 Å². The number of aromatic nitrogens is 1. The number of carbonyl (C=O) groups is 3. The van der Waals surface area contributed by atoms with Crippen molar-refractivity contribution in [1.29, 1.82) is 0 Å². The molecule has 0 saturated heterocycles. The van der Waals surface area contributed by atoms with Gasteiger partial charge in [-0.3, -0.25) is 9.59 Å². The van der Waals surface area contributed by atoms with Gasteiger partial charge in [0, 0.05) is 17.7 Å². The molecule has 2 amide bonds. The summed E-state index contributed by atoms with van der Waals surface area (Å²) in [6.45, 7) is 3.40. The van der Waals surface area contributed by atoms with Gasteiger partial charge in [-0.15, -0.1) is 11.3 Å². The molecule has 0 radical (unpaired) electrons. The van der Waals surface area contributed by atoms with E-state index in [1.165, 1.54) is 0 Å². The van der Waals surface area contributed by atoms with Crippen LogP contribution in [0.15, 0.2) is 18.2 Å². The first kappa shape index (κ1) is 17.1. The number of thiazole rings is 1. The van der Waals surface area contributed by atoms with Crippen molar-refractivity contribution in [2.75, 3.05) is 5.32 Å². The lowest BCUT2D eigenvalue weighted by molar-refractivity contribution is -0.116. The van der Waals surface area contributed by atoms with Crippen LogP contribution >= 0.6 is 11.3 Å². The summed E-state index contributed by atoms with van der Waals surface area (Å²) in [5.41, 5.74) is 2.60. The maximum absolute atomic E-state index is 12.5. The topological polar surface area (TPSA) is 108 Å². The number of nitrogens with one attached hydrogen (secondary N) is 2. The number of hydrogen-bond donors (Lipinski definition) is 3. The predicted molar refractivity (Wildman–Crippen MR) is 93.1 cm³/mol. The number of aryl methyl sites for hydroxylation is 2. The third-order valence-corrected chi connectivity index (χ3v) is 5.32. The molecule has 1 aromatic carbocycles. The van der Waals surface area contributed by atoms with Gasteiger partial charge in [0.25, 0.3) is 5.91 Å². The largest absolute Gasteiger partial charge is 0.477 e. The second kappa shape index (κ2) is 6.64. The Morgan fingerprint density at radius 2 is 2.12 bits per heavy atom. The summed E-state index contributed by atoms with van der Waals surface area (Å²) in [5.74, 6) is -1.31. The number of carboxylic acids is 1. The van der Waals surface area contributed by atoms with Crippen LogP contribution in [0.3, 0.4) is 0 Å². The van der Waals surface area contributed by atoms with Gasteiger partial charge in [0.2, 0.25) is 5.91 Å². The Kier molecular flexibility index (Phi) is 4.54. The van der Waals surface area contributed by atoms with Crippen molar-refractivity contribution in [2.24, 2.45) is 0 Å². The molecule has 0 saturated carbocycles. The zero-order chi connectivity index (χ0) is 18.1. The average Bonchev–Trinajstić information content (AvgIpc) is 2.96. The highest BCUT2D eigenvalue weighted by atomic mass is 32.1. The van der Waals surface area contributed by atoms with Gasteiger partial charge in [-0.05, 0) is 44.0 Å². The molecule has 1 unspecified atom stereocenters. The van der Waals surface area contributed by atoms with Crippen LogP contribution in [0.1, 0.15) is 55.7 Å². The lowest BCUT2D eigenvalue weighted by atomic mass is 10.00. The fourth-order valence-corrected chi connectivity index (χ4v) is 3.58. The van der Waals surface area contributed by atoms with E-state index in [1.807, 2.05) is 0 Å². The highest BCUT2D eigenvalue weighted by molar-refractivity contribution is 7.13. The van der Waals surface area contributed by atoms with Gasteiger partial charge >= 0.3 is 5.97 Å². The molecular formula is C17H17N3O4S. The zero-order valence-electron chi connectivity index (χ0n) is 13.8. The summed E-state index contributed by atoms with van der Waals surface area (Å²) >= 11 is 1.06. The van der Waals surface area contributed by atoms with Crippen molar-refractivity contribution in [2.45, 2.75) is 32.7 Å². The monoisotopic (exact) mass is 359 g/mol. The Morgan fingerprint density at radius 1 is 1.36 bits per heavy atom. The molecule has 1 aliphatic heterocycles. The molecular weight excluding hydrogens is 342 g/mol. The summed E-state index contributed by atoms with van der Waals surface area (Å²) in [6.07, 6.45) is 1.01. The van der Waals surface area contributed by atoms with Crippen LogP contribution < -0.4 is 10.6 Å². The van der Waals surface area contributed by atoms with Gasteiger partial charge in [-0.2, -0.15) is 0 Å². The van der Waals surface area contributed by atoms with Crippen molar-refractivity contribution in [1.82, 2.24) is 10.3 Å². The maximum atomic E-state index is 12.5. The molecule has 0 bridgehead atoms. The summed E-state index contributed by atoms with van der Waals surface area (Å²) < 4.78 is 0. The van der Waals surface area contributed by atoms with E-state index >= 15 is 0 Å². The van der Waals surface area contributed by atoms with Crippen molar-refractivity contribution in [3.8, 4) is 0 Å². The molecule has 0 aliphatic carbocycles. The van der Waals surface area contributed by atoms with E-state index in [2.05, 4.69) is 15.6 Å². The Morgan fingerprint density at radius 3 is 2.80 bits per heavy atom. The number of benzene rings is 1. The second-order valence-corrected chi connectivity index (χ2v) is 6.92. The number of hydrogen-bond acceptors (Lipinski definition) is 5. The minimum absolute atomic E-state index is 0.0216. The van der Waals surface area contributed by atoms with Crippen molar-refractivity contribution >= 4 is 34.8 Å². The average molecular weight is 359 g/mol. The van der Waals surface area contributed by atoms with E-state index in [9.17, 15) is 14.4 Å². The Balaban J connectivity index is 1.75. The van der Waals surface area contributed by atoms with E-state index in [0.29, 0.717) is 29.1 Å². The van der Waals surface area contributed by atoms with Crippen LogP contribution in [-0.2, 0) is 11.2 Å². The minimum atomic E-state index is -1.02. The molecule has 1 atom stereocenters. The quantitative estimate of drug-likeness (QED) is 0.777. The maximum Gasteiger partial charge on any atom is 0.347 e. The first-order chi connectivity index (χ1) is 11.8. The number of amides is 2. The number of carbonyl (C=O) groups excluding carboxylic acids is 2. The fourth-order valence-electron chi connectivity index (χ4n) is 2.67. The number of rotatable bonds is 4. The Bertz CT molecular complexity index is 875. The van der Waals surface area contributed by atoms with Crippen LogP contribution in [0.25, 0.3) is 0 Å². The molecule has 2 heterocycles. The third-order valence-electron chi connectivity index (χ3n) is 3.99. The molecule has 25 heavy (non-hydrogen) atoms. The van der Waals surface area contributed by atoms with E-state index in [4.69, 9.17) is 5.11 Å². The molecule has 3 N–H and O–H groups in total. The molecule has 8 heteroatoms. The van der Waals surface area contributed by atoms with Crippen LogP contribution in [0, 0.1) is 6.92 Å². The smallest absolute Gasteiger partial charge is 0.347 e. The zero-order valence-corrected chi connectivity index (χ0v) is 14.6. The highest BCUT2D eigenvalue weighted by Gasteiger charge is 2.21. The normalized spacial score (nSPS) is 14.4. The first-order valence-electron chi connectivity index (χ1n) is 7.79. The molecule has 2 aromatic rings. The lowest BCUT2D eigenvalue weighted by Crippen LogP contribution is -2.27. The number of aromatic carboxylic acids is 1. The van der Waals surface area contributed by atoms with Crippen LogP contribution in [0.4, 0.5) is 5.69 Å². The summed E-state index contributed by atoms with van der Waals surface area (Å²) in [7, 11) is 0. The molecule has 0 spiro atoms. The summed E-state index contributed by atoms with van der Waals surface area (Å²) in [6, 6.07) is 4.75. The minimum Gasteiger partial charge on any atom is -0.477 e. The first-order valence-corrected chi connectivity index (χ1v) is 8.61. The Labute approximate surface area is 148 Å². The fraction of sp³-hybridized carbons (Fsp3) is 0.294. The molecule has 1 aliphatic rings. The lowest BCUT2D eigenvalue weighted by Gasteiger charge is -2.18. The van der Waals surface area contributed by atoms with Gasteiger partial charge in [-0.1, -0.05) is 0 Å². The van der Waals surface area contributed by atoms with Gasteiger partial charge in [-0.25, -0.2) is 9.78 Å². The number of carboxylic acid groups (broad SMARTS) is 1. The molecule has 1 aromatic heterocycles. The molecule has 0 fully saturated rings. The predicted octanol–water partition coefficient (Wildman–Crippen LogP) is 2.53. The van der Waals surface area contributed by atoms with Crippen LogP contribution in [0.2, 0.25) is 0 Å². The van der Waals surface area contributed by atoms with Crippen molar-refractivity contribution in [3.63, 3.8) is 0 Å².